The topological polar surface area (TPSA) is 20.3 Å². The smallest absolute Gasteiger partial charge is 0.226 e. The predicted octanol–water partition coefficient (Wildman–Crippen LogP) is 3.07. The first-order chi connectivity index (χ1) is 8.15. The molecule has 0 N–H and O–H groups in total. The molecule has 1 amide bonds. The average molecular weight is 235 g/mol. The lowest BCUT2D eigenvalue weighted by atomic mass is 9.87. The fourth-order valence-electron chi connectivity index (χ4n) is 3.96. The second kappa shape index (κ2) is 4.29. The van der Waals surface area contributed by atoms with Crippen molar-refractivity contribution in [2.75, 3.05) is 6.54 Å². The van der Waals surface area contributed by atoms with Crippen LogP contribution in [-0.2, 0) is 4.79 Å². The quantitative estimate of drug-likeness (QED) is 0.733. The summed E-state index contributed by atoms with van der Waals surface area (Å²) in [5, 5.41) is 0. The van der Waals surface area contributed by atoms with E-state index in [1.54, 1.807) is 0 Å². The molecule has 3 unspecified atom stereocenters. The van der Waals surface area contributed by atoms with Gasteiger partial charge in [-0.05, 0) is 49.9 Å². The Bertz CT molecular complexity index is 308. The molecule has 2 bridgehead atoms. The summed E-state index contributed by atoms with van der Waals surface area (Å²) in [5.74, 6) is 3.13. The lowest BCUT2D eigenvalue weighted by Crippen LogP contribution is -2.41. The minimum Gasteiger partial charge on any atom is -0.339 e. The van der Waals surface area contributed by atoms with Crippen molar-refractivity contribution >= 4 is 5.91 Å². The van der Waals surface area contributed by atoms with Crippen molar-refractivity contribution in [1.29, 1.82) is 0 Å². The van der Waals surface area contributed by atoms with Crippen molar-refractivity contribution in [2.24, 2.45) is 23.7 Å². The molecule has 3 fully saturated rings. The summed E-state index contributed by atoms with van der Waals surface area (Å²) < 4.78 is 0. The van der Waals surface area contributed by atoms with Crippen molar-refractivity contribution < 1.29 is 4.79 Å². The van der Waals surface area contributed by atoms with Crippen molar-refractivity contribution in [1.82, 2.24) is 4.90 Å². The molecule has 0 spiro atoms. The third-order valence-electron chi connectivity index (χ3n) is 4.89. The van der Waals surface area contributed by atoms with Crippen LogP contribution in [0.5, 0.6) is 0 Å². The van der Waals surface area contributed by atoms with E-state index in [2.05, 4.69) is 18.7 Å². The summed E-state index contributed by atoms with van der Waals surface area (Å²) in [6.07, 6.45) is 7.75. The Morgan fingerprint density at radius 2 is 1.94 bits per heavy atom. The monoisotopic (exact) mass is 235 g/mol. The molecule has 3 atom stereocenters. The molecule has 3 rings (SSSR count). The Morgan fingerprint density at radius 1 is 1.18 bits per heavy atom. The van der Waals surface area contributed by atoms with E-state index in [1.165, 1.54) is 38.5 Å². The SMILES string of the molecule is CC(C)CN(C(=O)C1CC2CCC1C2)C1CC1. The summed E-state index contributed by atoms with van der Waals surface area (Å²) >= 11 is 0. The number of hydrogen-bond acceptors (Lipinski definition) is 1. The van der Waals surface area contributed by atoms with Crippen LogP contribution >= 0.6 is 0 Å². The van der Waals surface area contributed by atoms with Crippen LogP contribution in [0.1, 0.15) is 52.4 Å². The number of fused-ring (bicyclic) bond motifs is 2. The number of carbonyl (C=O) groups is 1. The van der Waals surface area contributed by atoms with Gasteiger partial charge in [-0.1, -0.05) is 20.3 Å². The highest BCUT2D eigenvalue weighted by Gasteiger charge is 2.46. The lowest BCUT2D eigenvalue weighted by molar-refractivity contribution is -0.138. The minimum atomic E-state index is 0.396. The molecule has 0 radical (unpaired) electrons. The zero-order valence-electron chi connectivity index (χ0n) is 11.2. The standard InChI is InChI=1S/C15H25NO/c1-10(2)9-16(13-5-6-13)15(17)14-8-11-3-4-12(14)7-11/h10-14H,3-9H2,1-2H3. The summed E-state index contributed by atoms with van der Waals surface area (Å²) in [6, 6.07) is 0.601. The first-order valence-electron chi connectivity index (χ1n) is 7.45. The fraction of sp³-hybridized carbons (Fsp3) is 0.933. The second-order valence-electron chi connectivity index (χ2n) is 6.90. The highest BCUT2D eigenvalue weighted by Crippen LogP contribution is 2.49. The van der Waals surface area contributed by atoms with Gasteiger partial charge in [0.05, 0.1) is 0 Å². The van der Waals surface area contributed by atoms with E-state index in [4.69, 9.17) is 0 Å². The first kappa shape index (κ1) is 11.6. The molecule has 0 saturated heterocycles. The molecule has 3 aliphatic carbocycles. The van der Waals surface area contributed by atoms with Crippen molar-refractivity contribution in [3.8, 4) is 0 Å². The zero-order valence-corrected chi connectivity index (χ0v) is 11.2. The highest BCUT2D eigenvalue weighted by molar-refractivity contribution is 5.80. The zero-order chi connectivity index (χ0) is 12.0. The first-order valence-corrected chi connectivity index (χ1v) is 7.45. The van der Waals surface area contributed by atoms with E-state index < -0.39 is 0 Å². The summed E-state index contributed by atoms with van der Waals surface area (Å²) in [5.41, 5.74) is 0. The van der Waals surface area contributed by atoms with Crippen LogP contribution < -0.4 is 0 Å². The molecule has 2 heteroatoms. The van der Waals surface area contributed by atoms with E-state index in [-0.39, 0.29) is 0 Å². The minimum absolute atomic E-state index is 0.396. The summed E-state index contributed by atoms with van der Waals surface area (Å²) in [7, 11) is 0. The van der Waals surface area contributed by atoms with Crippen LogP contribution in [0.2, 0.25) is 0 Å². The summed E-state index contributed by atoms with van der Waals surface area (Å²) in [4.78, 5) is 14.9. The maximum Gasteiger partial charge on any atom is 0.226 e. The van der Waals surface area contributed by atoms with E-state index in [0.717, 1.165) is 18.4 Å². The third kappa shape index (κ3) is 2.23. The molecular weight excluding hydrogens is 210 g/mol. The molecular formula is C15H25NO. The predicted molar refractivity (Wildman–Crippen MR) is 68.5 cm³/mol. The molecule has 17 heavy (non-hydrogen) atoms. The lowest BCUT2D eigenvalue weighted by Gasteiger charge is -2.30. The Balaban J connectivity index is 1.66. The van der Waals surface area contributed by atoms with Gasteiger partial charge in [-0.2, -0.15) is 0 Å². The van der Waals surface area contributed by atoms with Crippen LogP contribution in [0.25, 0.3) is 0 Å². The normalized spacial score (nSPS) is 35.6. The Labute approximate surface area is 105 Å². The van der Waals surface area contributed by atoms with Crippen LogP contribution in [0, 0.1) is 23.7 Å². The molecule has 0 aliphatic heterocycles. The molecule has 0 aromatic heterocycles. The molecule has 0 aromatic rings. The Morgan fingerprint density at radius 3 is 2.41 bits per heavy atom. The third-order valence-corrected chi connectivity index (χ3v) is 4.89. The molecule has 0 heterocycles. The van der Waals surface area contributed by atoms with Gasteiger partial charge in [0.2, 0.25) is 5.91 Å². The fourth-order valence-corrected chi connectivity index (χ4v) is 3.96. The Kier molecular flexibility index (Phi) is 2.92. The van der Waals surface area contributed by atoms with Gasteiger partial charge in [-0.3, -0.25) is 4.79 Å². The van der Waals surface area contributed by atoms with E-state index in [1.807, 2.05) is 0 Å². The van der Waals surface area contributed by atoms with E-state index in [9.17, 15) is 4.79 Å². The van der Waals surface area contributed by atoms with Gasteiger partial charge in [0.1, 0.15) is 0 Å². The number of carbonyl (C=O) groups excluding carboxylic acids is 1. The summed E-state index contributed by atoms with van der Waals surface area (Å²) in [6.45, 7) is 5.43. The maximum absolute atomic E-state index is 12.7. The van der Waals surface area contributed by atoms with Gasteiger partial charge in [-0.15, -0.1) is 0 Å². The molecule has 0 aromatic carbocycles. The molecule has 2 nitrogen and oxygen atoms in total. The van der Waals surface area contributed by atoms with Crippen LogP contribution in [0.3, 0.4) is 0 Å². The number of hydrogen-bond donors (Lipinski definition) is 0. The van der Waals surface area contributed by atoms with E-state index >= 15 is 0 Å². The van der Waals surface area contributed by atoms with Crippen LogP contribution in [0.4, 0.5) is 0 Å². The van der Waals surface area contributed by atoms with Crippen molar-refractivity contribution in [3.63, 3.8) is 0 Å². The van der Waals surface area contributed by atoms with Gasteiger partial charge in [-0.25, -0.2) is 0 Å². The largest absolute Gasteiger partial charge is 0.339 e. The van der Waals surface area contributed by atoms with Crippen molar-refractivity contribution in [3.05, 3.63) is 0 Å². The van der Waals surface area contributed by atoms with Gasteiger partial charge < -0.3 is 4.90 Å². The van der Waals surface area contributed by atoms with Gasteiger partial charge in [0.15, 0.2) is 0 Å². The molecule has 96 valence electrons. The van der Waals surface area contributed by atoms with Gasteiger partial charge in [0.25, 0.3) is 0 Å². The highest BCUT2D eigenvalue weighted by atomic mass is 16.2. The number of rotatable bonds is 4. The maximum atomic E-state index is 12.7. The molecule has 3 saturated carbocycles. The van der Waals surface area contributed by atoms with Crippen molar-refractivity contribution in [2.45, 2.75) is 58.4 Å². The van der Waals surface area contributed by atoms with Crippen LogP contribution in [0.15, 0.2) is 0 Å². The molecule has 3 aliphatic rings. The van der Waals surface area contributed by atoms with Gasteiger partial charge >= 0.3 is 0 Å². The average Bonchev–Trinajstić information content (AvgIpc) is 2.92. The number of nitrogens with zero attached hydrogens (tertiary/aromatic N) is 1. The van der Waals surface area contributed by atoms with Crippen LogP contribution in [-0.4, -0.2) is 23.4 Å². The van der Waals surface area contributed by atoms with Gasteiger partial charge in [0, 0.05) is 18.5 Å². The number of amides is 1. The van der Waals surface area contributed by atoms with E-state index in [0.29, 0.717) is 23.8 Å². The second-order valence-corrected chi connectivity index (χ2v) is 6.90. The Hall–Kier alpha value is -0.530.